The van der Waals surface area contributed by atoms with Crippen molar-refractivity contribution in [3.05, 3.63) is 71.7 Å². The summed E-state index contributed by atoms with van der Waals surface area (Å²) in [6.45, 7) is 1.82. The molecule has 2 aromatic carbocycles. The van der Waals surface area contributed by atoms with Gasteiger partial charge < -0.3 is 15.2 Å². The Morgan fingerprint density at radius 3 is 2.77 bits per heavy atom. The molecule has 0 saturated heterocycles. The van der Waals surface area contributed by atoms with Gasteiger partial charge in [0.25, 0.3) is 0 Å². The second kappa shape index (κ2) is 7.28. The van der Waals surface area contributed by atoms with Crippen LogP contribution in [0.1, 0.15) is 17.2 Å². The van der Waals surface area contributed by atoms with E-state index in [0.29, 0.717) is 27.7 Å². The summed E-state index contributed by atoms with van der Waals surface area (Å²) in [6, 6.07) is 11.9. The fourth-order valence-corrected chi connectivity index (χ4v) is 5.01. The van der Waals surface area contributed by atoms with Crippen molar-refractivity contribution in [3.63, 3.8) is 0 Å². The van der Waals surface area contributed by atoms with E-state index in [1.54, 1.807) is 42.6 Å². The van der Waals surface area contributed by atoms with Gasteiger partial charge in [-0.3, -0.25) is 9.69 Å². The third kappa shape index (κ3) is 3.17. The molecule has 3 heterocycles. The number of thioether (sulfide) groups is 1. The molecule has 2 unspecified atom stereocenters. The van der Waals surface area contributed by atoms with Crippen LogP contribution < -0.4 is 15.0 Å². The molecule has 9 heteroatoms. The van der Waals surface area contributed by atoms with Crippen LogP contribution in [-0.4, -0.2) is 27.3 Å². The van der Waals surface area contributed by atoms with Gasteiger partial charge in [0.2, 0.25) is 0 Å². The minimum Gasteiger partial charge on any atom is -0.480 e. The summed E-state index contributed by atoms with van der Waals surface area (Å²) >= 11 is 1.13. The van der Waals surface area contributed by atoms with Crippen LogP contribution in [0, 0.1) is 12.7 Å². The lowest BCUT2D eigenvalue weighted by Crippen LogP contribution is -2.47. The first-order chi connectivity index (χ1) is 14.9. The Labute approximate surface area is 180 Å². The monoisotopic (exact) mass is 437 g/mol. The van der Waals surface area contributed by atoms with Crippen molar-refractivity contribution in [1.82, 2.24) is 10.3 Å². The minimum absolute atomic E-state index is 0.108. The molecule has 0 aliphatic carbocycles. The molecule has 0 radical (unpaired) electrons. The SMILES string of the molecule is Cc1cc(Oc2ccccc2F)ccc1N1C(=O)NC2c3c1ccnc3SC2C(=O)O. The molecule has 0 fully saturated rings. The number of nitrogens with one attached hydrogen (secondary N) is 1. The number of carboxylic acid groups (broad SMARTS) is 1. The van der Waals surface area contributed by atoms with Crippen molar-refractivity contribution in [2.24, 2.45) is 0 Å². The highest BCUT2D eigenvalue weighted by Gasteiger charge is 2.46. The van der Waals surface area contributed by atoms with Crippen molar-refractivity contribution in [3.8, 4) is 11.5 Å². The predicted molar refractivity (Wildman–Crippen MR) is 113 cm³/mol. The van der Waals surface area contributed by atoms with Gasteiger partial charge in [-0.15, -0.1) is 0 Å². The molecule has 0 spiro atoms. The molecule has 2 atom stereocenters. The van der Waals surface area contributed by atoms with Gasteiger partial charge in [0.05, 0.1) is 17.4 Å². The van der Waals surface area contributed by atoms with E-state index < -0.39 is 29.1 Å². The number of hydrogen-bond acceptors (Lipinski definition) is 5. The van der Waals surface area contributed by atoms with Crippen molar-refractivity contribution < 1.29 is 23.8 Å². The Morgan fingerprint density at radius 1 is 1.23 bits per heavy atom. The van der Waals surface area contributed by atoms with Crippen LogP contribution in [0.2, 0.25) is 0 Å². The number of amides is 2. The number of benzene rings is 2. The number of pyridine rings is 1. The molecule has 31 heavy (non-hydrogen) atoms. The number of ether oxygens (including phenoxy) is 1. The molecule has 2 aliphatic heterocycles. The second-order valence-electron chi connectivity index (χ2n) is 7.17. The van der Waals surface area contributed by atoms with Crippen LogP contribution in [0.3, 0.4) is 0 Å². The lowest BCUT2D eigenvalue weighted by molar-refractivity contribution is -0.136. The molecule has 2 amide bonds. The van der Waals surface area contributed by atoms with Crippen LogP contribution in [0.4, 0.5) is 20.6 Å². The maximum absolute atomic E-state index is 13.9. The van der Waals surface area contributed by atoms with E-state index in [9.17, 15) is 19.1 Å². The smallest absolute Gasteiger partial charge is 0.327 e. The highest BCUT2D eigenvalue weighted by Crippen LogP contribution is 2.50. The molecule has 2 aliphatic rings. The molecule has 0 saturated carbocycles. The number of hydrogen-bond donors (Lipinski definition) is 2. The van der Waals surface area contributed by atoms with Crippen LogP contribution in [0.25, 0.3) is 0 Å². The number of rotatable bonds is 4. The molecular weight excluding hydrogens is 421 g/mol. The highest BCUT2D eigenvalue weighted by atomic mass is 32.2. The number of aryl methyl sites for hydroxylation is 1. The summed E-state index contributed by atoms with van der Waals surface area (Å²) in [5.74, 6) is -0.929. The van der Waals surface area contributed by atoms with Gasteiger partial charge in [-0.2, -0.15) is 0 Å². The summed E-state index contributed by atoms with van der Waals surface area (Å²) in [7, 11) is 0. The molecular formula is C22H16FN3O4S. The van der Waals surface area contributed by atoms with E-state index in [4.69, 9.17) is 4.74 Å². The molecule has 3 aromatic rings. The first-order valence-corrected chi connectivity index (χ1v) is 10.3. The van der Waals surface area contributed by atoms with Crippen LogP contribution >= 0.6 is 11.8 Å². The molecule has 7 nitrogen and oxygen atoms in total. The van der Waals surface area contributed by atoms with Crippen molar-refractivity contribution in [2.45, 2.75) is 23.2 Å². The molecule has 2 N–H and O–H groups in total. The van der Waals surface area contributed by atoms with Gasteiger partial charge in [-0.25, -0.2) is 14.2 Å². The third-order valence-corrected chi connectivity index (χ3v) is 6.50. The normalized spacial score (nSPS) is 19.0. The number of urea groups is 1. The maximum atomic E-state index is 13.9. The van der Waals surface area contributed by atoms with E-state index in [-0.39, 0.29) is 5.75 Å². The lowest BCUT2D eigenvalue weighted by Gasteiger charge is -2.34. The molecule has 5 rings (SSSR count). The predicted octanol–water partition coefficient (Wildman–Crippen LogP) is 4.78. The number of aromatic nitrogens is 1. The minimum atomic E-state index is -1.00. The number of carboxylic acids is 1. The first-order valence-electron chi connectivity index (χ1n) is 9.46. The fourth-order valence-electron chi connectivity index (χ4n) is 3.85. The van der Waals surface area contributed by atoms with E-state index in [1.807, 2.05) is 6.92 Å². The zero-order valence-electron chi connectivity index (χ0n) is 16.2. The Bertz CT molecular complexity index is 1240. The zero-order valence-corrected chi connectivity index (χ0v) is 17.0. The van der Waals surface area contributed by atoms with Crippen LogP contribution in [0.5, 0.6) is 11.5 Å². The van der Waals surface area contributed by atoms with E-state index >= 15 is 0 Å². The number of para-hydroxylation sites is 1. The van der Waals surface area contributed by atoms with Gasteiger partial charge >= 0.3 is 12.0 Å². The Balaban J connectivity index is 1.52. The standard InChI is InChI=1S/C22H16FN3O4S/c1-11-10-12(30-16-5-3-2-4-13(16)23)6-7-14(11)26-15-8-9-24-20-17(15)18(25-22(26)29)19(31-20)21(27)28/h2-10,18-19H,1H3,(H,25,29)(H,27,28). The number of carbonyl (C=O) groups excluding carboxylic acids is 1. The van der Waals surface area contributed by atoms with E-state index in [1.165, 1.54) is 17.0 Å². The number of carbonyl (C=O) groups is 2. The van der Waals surface area contributed by atoms with Crippen molar-refractivity contribution in [2.75, 3.05) is 4.90 Å². The number of anilines is 2. The Morgan fingerprint density at radius 2 is 2.03 bits per heavy atom. The quantitative estimate of drug-likeness (QED) is 0.610. The van der Waals surface area contributed by atoms with Gasteiger partial charge in [-0.1, -0.05) is 23.9 Å². The van der Waals surface area contributed by atoms with Gasteiger partial charge in [0, 0.05) is 11.8 Å². The van der Waals surface area contributed by atoms with Gasteiger partial charge in [0.1, 0.15) is 16.0 Å². The number of halogens is 1. The lowest BCUT2D eigenvalue weighted by atomic mass is 10.00. The van der Waals surface area contributed by atoms with Crippen molar-refractivity contribution in [1.29, 1.82) is 0 Å². The maximum Gasteiger partial charge on any atom is 0.327 e. The second-order valence-corrected chi connectivity index (χ2v) is 8.30. The average molecular weight is 437 g/mol. The van der Waals surface area contributed by atoms with Gasteiger partial charge in [-0.05, 0) is 48.9 Å². The highest BCUT2D eigenvalue weighted by molar-refractivity contribution is 8.00. The van der Waals surface area contributed by atoms with Crippen LogP contribution in [-0.2, 0) is 4.79 Å². The number of aliphatic carboxylic acids is 1. The average Bonchev–Trinajstić information content (AvgIpc) is 3.11. The molecule has 156 valence electrons. The third-order valence-electron chi connectivity index (χ3n) is 5.22. The summed E-state index contributed by atoms with van der Waals surface area (Å²) in [5, 5.41) is 12.1. The fraction of sp³-hybridized carbons (Fsp3) is 0.136. The van der Waals surface area contributed by atoms with E-state index in [2.05, 4.69) is 10.3 Å². The zero-order chi connectivity index (χ0) is 21.7. The van der Waals surface area contributed by atoms with Crippen molar-refractivity contribution >= 4 is 35.1 Å². The summed E-state index contributed by atoms with van der Waals surface area (Å²) < 4.78 is 19.5. The summed E-state index contributed by atoms with van der Waals surface area (Å²) in [6.07, 6.45) is 1.57. The van der Waals surface area contributed by atoms with Crippen LogP contribution in [0.15, 0.2) is 59.8 Å². The topological polar surface area (TPSA) is 91.8 Å². The molecule has 0 bridgehead atoms. The first kappa shape index (κ1) is 19.4. The largest absolute Gasteiger partial charge is 0.480 e. The van der Waals surface area contributed by atoms with E-state index in [0.717, 1.165) is 17.3 Å². The Kier molecular flexibility index (Phi) is 4.55. The summed E-state index contributed by atoms with van der Waals surface area (Å²) in [5.41, 5.74) is 2.63. The number of nitrogens with zero attached hydrogens (tertiary/aromatic N) is 2. The summed E-state index contributed by atoms with van der Waals surface area (Å²) in [4.78, 5) is 30.4. The Hall–Kier alpha value is -3.59. The molecule has 1 aromatic heterocycles. The van der Waals surface area contributed by atoms with Gasteiger partial charge in [0.15, 0.2) is 11.6 Å².